The summed E-state index contributed by atoms with van der Waals surface area (Å²) in [6.07, 6.45) is 4.83. The van der Waals surface area contributed by atoms with E-state index in [1.165, 1.54) is 5.56 Å². The summed E-state index contributed by atoms with van der Waals surface area (Å²) in [4.78, 5) is 4.11. The molecule has 0 aliphatic heterocycles. The number of ether oxygens (including phenoxy) is 1. The number of nitrogens with one attached hydrogen (secondary N) is 1. The van der Waals surface area contributed by atoms with E-state index in [0.717, 1.165) is 32.1 Å². The average Bonchev–Trinajstić information content (AvgIpc) is 2.34. The van der Waals surface area contributed by atoms with Gasteiger partial charge in [0.25, 0.3) is 0 Å². The van der Waals surface area contributed by atoms with E-state index >= 15 is 0 Å². The fourth-order valence-electron chi connectivity index (χ4n) is 1.52. The van der Waals surface area contributed by atoms with E-state index in [1.54, 1.807) is 6.20 Å². The maximum Gasteiger partial charge on any atom is 0.0591 e. The summed E-state index contributed by atoms with van der Waals surface area (Å²) >= 11 is 0. The van der Waals surface area contributed by atoms with Gasteiger partial charge < -0.3 is 10.1 Å². The second kappa shape index (κ2) is 8.20. The number of aromatic nitrogens is 1. The molecule has 0 saturated heterocycles. The zero-order valence-electron chi connectivity index (χ0n) is 11.1. The zero-order valence-corrected chi connectivity index (χ0v) is 11.1. The number of hydrogen-bond acceptors (Lipinski definition) is 3. The van der Waals surface area contributed by atoms with E-state index in [0.29, 0.717) is 6.04 Å². The lowest BCUT2D eigenvalue weighted by Crippen LogP contribution is -2.23. The Morgan fingerprint density at radius 1 is 1.29 bits per heavy atom. The smallest absolute Gasteiger partial charge is 0.0591 e. The molecular weight excluding hydrogens is 212 g/mol. The third-order valence-electron chi connectivity index (χ3n) is 2.72. The van der Waals surface area contributed by atoms with Gasteiger partial charge in [0, 0.05) is 31.6 Å². The minimum Gasteiger partial charge on any atom is -0.380 e. The van der Waals surface area contributed by atoms with E-state index in [9.17, 15) is 0 Å². The minimum atomic E-state index is 0.331. The fourth-order valence-corrected chi connectivity index (χ4v) is 1.52. The fraction of sp³-hybridized carbons (Fsp3) is 0.643. The molecule has 1 aromatic heterocycles. The summed E-state index contributed by atoms with van der Waals surface area (Å²) in [7, 11) is 0. The highest BCUT2D eigenvalue weighted by molar-refractivity contribution is 5.12. The normalized spacial score (nSPS) is 12.9. The number of hydrogen-bond donors (Lipinski definition) is 1. The lowest BCUT2D eigenvalue weighted by atomic mass is 10.1. The molecular formula is C14H24N2O. The Morgan fingerprint density at radius 3 is 2.76 bits per heavy atom. The molecule has 0 aliphatic rings. The number of pyridine rings is 1. The Balaban J connectivity index is 2.07. The molecule has 3 heteroatoms. The van der Waals surface area contributed by atoms with Gasteiger partial charge in [0.1, 0.15) is 0 Å². The zero-order chi connectivity index (χ0) is 12.5. The van der Waals surface area contributed by atoms with Crippen LogP contribution < -0.4 is 5.32 Å². The first kappa shape index (κ1) is 14.1. The molecule has 1 N–H and O–H groups in total. The highest BCUT2D eigenvalue weighted by Crippen LogP contribution is 2.08. The van der Waals surface area contributed by atoms with Gasteiger partial charge in [-0.2, -0.15) is 0 Å². The van der Waals surface area contributed by atoms with Gasteiger partial charge in [0.2, 0.25) is 0 Å². The molecule has 0 spiro atoms. The van der Waals surface area contributed by atoms with E-state index < -0.39 is 0 Å². The quantitative estimate of drug-likeness (QED) is 0.705. The Bertz CT molecular complexity index is 288. The van der Waals surface area contributed by atoms with Crippen molar-refractivity contribution < 1.29 is 4.74 Å². The molecule has 0 bridgehead atoms. The second-order valence-electron chi connectivity index (χ2n) is 4.76. The molecule has 3 nitrogen and oxygen atoms in total. The van der Waals surface area contributed by atoms with Crippen LogP contribution in [-0.4, -0.2) is 24.7 Å². The van der Waals surface area contributed by atoms with Crippen LogP contribution in [0.25, 0.3) is 0 Å². The van der Waals surface area contributed by atoms with Gasteiger partial charge in [-0.05, 0) is 30.9 Å². The SMILES string of the molecule is CC(C)CCOCCNC(C)c1cccnc1. The first-order valence-corrected chi connectivity index (χ1v) is 6.41. The maximum atomic E-state index is 5.55. The van der Waals surface area contributed by atoms with Crippen molar-refractivity contribution in [3.8, 4) is 0 Å². The topological polar surface area (TPSA) is 34.1 Å². The summed E-state index contributed by atoms with van der Waals surface area (Å²) < 4.78 is 5.55. The van der Waals surface area contributed by atoms with Gasteiger partial charge >= 0.3 is 0 Å². The molecule has 96 valence electrons. The summed E-state index contributed by atoms with van der Waals surface area (Å²) in [6, 6.07) is 4.38. The van der Waals surface area contributed by atoms with Crippen LogP contribution in [0.5, 0.6) is 0 Å². The van der Waals surface area contributed by atoms with Crippen molar-refractivity contribution in [2.24, 2.45) is 5.92 Å². The third kappa shape index (κ3) is 6.39. The number of rotatable bonds is 8. The van der Waals surface area contributed by atoms with E-state index in [-0.39, 0.29) is 0 Å². The van der Waals surface area contributed by atoms with E-state index in [2.05, 4.69) is 37.1 Å². The first-order chi connectivity index (χ1) is 8.20. The van der Waals surface area contributed by atoms with E-state index in [4.69, 9.17) is 4.74 Å². The van der Waals surface area contributed by atoms with Gasteiger partial charge in [0.05, 0.1) is 6.61 Å². The molecule has 0 radical (unpaired) electrons. The van der Waals surface area contributed by atoms with Crippen molar-refractivity contribution in [1.29, 1.82) is 0 Å². The highest BCUT2D eigenvalue weighted by Gasteiger charge is 2.03. The molecule has 0 saturated carbocycles. The maximum absolute atomic E-state index is 5.55. The summed E-state index contributed by atoms with van der Waals surface area (Å²) in [5.41, 5.74) is 1.22. The Hall–Kier alpha value is -0.930. The van der Waals surface area contributed by atoms with Crippen LogP contribution in [0.4, 0.5) is 0 Å². The molecule has 17 heavy (non-hydrogen) atoms. The molecule has 1 heterocycles. The Morgan fingerprint density at radius 2 is 2.12 bits per heavy atom. The molecule has 1 rings (SSSR count). The lowest BCUT2D eigenvalue weighted by molar-refractivity contribution is 0.123. The van der Waals surface area contributed by atoms with Crippen LogP contribution in [0.1, 0.15) is 38.8 Å². The molecule has 1 aromatic rings. The predicted molar refractivity (Wildman–Crippen MR) is 70.9 cm³/mol. The van der Waals surface area contributed by atoms with Crippen LogP contribution in [0.15, 0.2) is 24.5 Å². The van der Waals surface area contributed by atoms with Gasteiger partial charge in [0.15, 0.2) is 0 Å². The van der Waals surface area contributed by atoms with Crippen molar-refractivity contribution >= 4 is 0 Å². The average molecular weight is 236 g/mol. The first-order valence-electron chi connectivity index (χ1n) is 6.41. The summed E-state index contributed by atoms with van der Waals surface area (Å²) in [5, 5.41) is 3.42. The molecule has 0 fully saturated rings. The molecule has 0 aliphatic carbocycles. The van der Waals surface area contributed by atoms with Crippen LogP contribution >= 0.6 is 0 Å². The summed E-state index contributed by atoms with van der Waals surface area (Å²) in [5.74, 6) is 0.720. The summed E-state index contributed by atoms with van der Waals surface area (Å²) in [6.45, 7) is 9.09. The highest BCUT2D eigenvalue weighted by atomic mass is 16.5. The minimum absolute atomic E-state index is 0.331. The number of nitrogens with zero attached hydrogens (tertiary/aromatic N) is 1. The largest absolute Gasteiger partial charge is 0.380 e. The van der Waals surface area contributed by atoms with E-state index in [1.807, 2.05) is 12.3 Å². The van der Waals surface area contributed by atoms with Crippen molar-refractivity contribution in [1.82, 2.24) is 10.3 Å². The van der Waals surface area contributed by atoms with Crippen LogP contribution in [-0.2, 0) is 4.74 Å². The predicted octanol–water partition coefficient (Wildman–Crippen LogP) is 2.79. The lowest BCUT2D eigenvalue weighted by Gasteiger charge is -2.14. The van der Waals surface area contributed by atoms with Gasteiger partial charge in [-0.25, -0.2) is 0 Å². The molecule has 0 amide bonds. The van der Waals surface area contributed by atoms with Crippen molar-refractivity contribution in [3.05, 3.63) is 30.1 Å². The van der Waals surface area contributed by atoms with Crippen LogP contribution in [0, 0.1) is 5.92 Å². The Kier molecular flexibility index (Phi) is 6.82. The third-order valence-corrected chi connectivity index (χ3v) is 2.72. The molecule has 1 atom stereocenters. The van der Waals surface area contributed by atoms with Crippen molar-refractivity contribution in [2.75, 3.05) is 19.8 Å². The molecule has 1 unspecified atom stereocenters. The van der Waals surface area contributed by atoms with Gasteiger partial charge in [-0.1, -0.05) is 19.9 Å². The van der Waals surface area contributed by atoms with Crippen LogP contribution in [0.2, 0.25) is 0 Å². The Labute approximate surface area is 105 Å². The monoisotopic (exact) mass is 236 g/mol. The standard InChI is InChI=1S/C14H24N2O/c1-12(2)6-9-17-10-8-16-13(3)14-5-4-7-15-11-14/h4-5,7,11-13,16H,6,8-10H2,1-3H3. The van der Waals surface area contributed by atoms with Crippen molar-refractivity contribution in [3.63, 3.8) is 0 Å². The van der Waals surface area contributed by atoms with Gasteiger partial charge in [-0.15, -0.1) is 0 Å². The van der Waals surface area contributed by atoms with Crippen LogP contribution in [0.3, 0.4) is 0 Å². The van der Waals surface area contributed by atoms with Crippen molar-refractivity contribution in [2.45, 2.75) is 33.2 Å². The van der Waals surface area contributed by atoms with Gasteiger partial charge in [-0.3, -0.25) is 4.98 Å². The molecule has 0 aromatic carbocycles. The second-order valence-corrected chi connectivity index (χ2v) is 4.76.